The molecule has 144 valence electrons. The highest BCUT2D eigenvalue weighted by Gasteiger charge is 2.31. The number of amides is 2. The van der Waals surface area contributed by atoms with Crippen LogP contribution >= 0.6 is 0 Å². The van der Waals surface area contributed by atoms with Gasteiger partial charge >= 0.3 is 0 Å². The van der Waals surface area contributed by atoms with Gasteiger partial charge in [-0.25, -0.2) is 0 Å². The molecule has 2 aliphatic rings. The summed E-state index contributed by atoms with van der Waals surface area (Å²) >= 11 is 0. The van der Waals surface area contributed by atoms with E-state index >= 15 is 0 Å². The van der Waals surface area contributed by atoms with E-state index in [0.29, 0.717) is 24.2 Å². The summed E-state index contributed by atoms with van der Waals surface area (Å²) in [6.07, 6.45) is 7.83. The lowest BCUT2D eigenvalue weighted by molar-refractivity contribution is -0.127. The third kappa shape index (κ3) is 4.89. The maximum Gasteiger partial charge on any atom is 0.251 e. The monoisotopic (exact) mass is 374 g/mol. The van der Waals surface area contributed by atoms with Crippen molar-refractivity contribution in [3.05, 3.63) is 76.9 Å². The first kappa shape index (κ1) is 18.5. The Kier molecular flexibility index (Phi) is 5.29. The number of nitrogens with zero attached hydrogens (tertiary/aromatic N) is 1. The molecule has 4 rings (SSSR count). The Hall–Kier alpha value is -2.88. The second-order valence-electron chi connectivity index (χ2n) is 7.89. The fourth-order valence-electron chi connectivity index (χ4n) is 3.17. The van der Waals surface area contributed by atoms with Crippen LogP contribution in [0.1, 0.15) is 52.7 Å². The molecule has 2 aromatic rings. The van der Waals surface area contributed by atoms with Crippen molar-refractivity contribution in [2.75, 3.05) is 0 Å². The molecule has 0 bridgehead atoms. The molecule has 0 aliphatic heterocycles. The second kappa shape index (κ2) is 8.01. The van der Waals surface area contributed by atoms with Crippen LogP contribution in [0.4, 0.5) is 0 Å². The lowest BCUT2D eigenvalue weighted by Crippen LogP contribution is -2.31. The van der Waals surface area contributed by atoms with Gasteiger partial charge < -0.3 is 10.2 Å². The molecule has 4 nitrogen and oxygen atoms in total. The lowest BCUT2D eigenvalue weighted by Gasteiger charge is -2.21. The standard InChI is InChI=1S/C24H26N2O2/c1-17-2-4-18(5-3-17)8-15-23(27)26(22-13-14-22)16-19-6-9-20(10-7-19)24(28)25-21-11-12-21/h2-10,15,21-22H,11-14,16H2,1H3,(H,25,28)/b15-8+. The van der Waals surface area contributed by atoms with Gasteiger partial charge in [0, 0.05) is 30.3 Å². The summed E-state index contributed by atoms with van der Waals surface area (Å²) in [6.45, 7) is 2.63. The quantitative estimate of drug-likeness (QED) is 0.742. The van der Waals surface area contributed by atoms with E-state index < -0.39 is 0 Å². The Morgan fingerprint density at radius 2 is 1.68 bits per heavy atom. The number of hydrogen-bond donors (Lipinski definition) is 1. The van der Waals surface area contributed by atoms with Crippen molar-refractivity contribution in [2.24, 2.45) is 0 Å². The van der Waals surface area contributed by atoms with Crippen LogP contribution < -0.4 is 5.32 Å². The molecular formula is C24H26N2O2. The summed E-state index contributed by atoms with van der Waals surface area (Å²) in [5, 5.41) is 3.00. The number of aryl methyl sites for hydroxylation is 1. The molecule has 4 heteroatoms. The zero-order valence-corrected chi connectivity index (χ0v) is 16.2. The average Bonchev–Trinajstić information content (AvgIpc) is 3.60. The Bertz CT molecular complexity index is 876. The highest BCUT2D eigenvalue weighted by atomic mass is 16.2. The van der Waals surface area contributed by atoms with Gasteiger partial charge in [-0.1, -0.05) is 42.0 Å². The average molecular weight is 374 g/mol. The number of rotatable bonds is 7. The molecule has 2 aliphatic carbocycles. The minimum Gasteiger partial charge on any atom is -0.349 e. The van der Waals surface area contributed by atoms with E-state index in [1.54, 1.807) is 6.08 Å². The molecule has 0 atom stereocenters. The van der Waals surface area contributed by atoms with Crippen molar-refractivity contribution in [3.8, 4) is 0 Å². The minimum absolute atomic E-state index is 0.00907. The molecule has 0 heterocycles. The Morgan fingerprint density at radius 3 is 2.29 bits per heavy atom. The molecule has 0 unspecified atom stereocenters. The van der Waals surface area contributed by atoms with E-state index in [-0.39, 0.29) is 11.8 Å². The summed E-state index contributed by atoms with van der Waals surface area (Å²) in [7, 11) is 0. The molecular weight excluding hydrogens is 348 g/mol. The largest absolute Gasteiger partial charge is 0.349 e. The maximum atomic E-state index is 12.7. The van der Waals surface area contributed by atoms with Gasteiger partial charge in [0.25, 0.3) is 5.91 Å². The summed E-state index contributed by atoms with van der Waals surface area (Å²) in [5.41, 5.74) is 3.96. The molecule has 2 saturated carbocycles. The van der Waals surface area contributed by atoms with Gasteiger partial charge in [-0.2, -0.15) is 0 Å². The van der Waals surface area contributed by atoms with Gasteiger partial charge in [0.05, 0.1) is 0 Å². The molecule has 2 fully saturated rings. The van der Waals surface area contributed by atoms with Crippen LogP contribution in [-0.2, 0) is 11.3 Å². The maximum absolute atomic E-state index is 12.7. The van der Waals surface area contributed by atoms with Crippen molar-refractivity contribution in [3.63, 3.8) is 0 Å². The summed E-state index contributed by atoms with van der Waals surface area (Å²) < 4.78 is 0. The molecule has 0 aromatic heterocycles. The highest BCUT2D eigenvalue weighted by molar-refractivity contribution is 5.94. The number of hydrogen-bond acceptors (Lipinski definition) is 2. The normalized spacial score (nSPS) is 16.2. The summed E-state index contributed by atoms with van der Waals surface area (Å²) in [6, 6.07) is 16.4. The molecule has 0 radical (unpaired) electrons. The van der Waals surface area contributed by atoms with Crippen molar-refractivity contribution in [1.29, 1.82) is 0 Å². The first-order chi connectivity index (χ1) is 13.6. The first-order valence-corrected chi connectivity index (χ1v) is 10.0. The Balaban J connectivity index is 1.39. The summed E-state index contributed by atoms with van der Waals surface area (Å²) in [5.74, 6) is 0.0313. The van der Waals surface area contributed by atoms with Crippen molar-refractivity contribution < 1.29 is 9.59 Å². The molecule has 2 amide bonds. The van der Waals surface area contributed by atoms with E-state index in [2.05, 4.69) is 5.32 Å². The topological polar surface area (TPSA) is 49.4 Å². The number of nitrogens with one attached hydrogen (secondary N) is 1. The molecule has 0 saturated heterocycles. The predicted molar refractivity (Wildman–Crippen MR) is 111 cm³/mol. The molecule has 2 aromatic carbocycles. The first-order valence-electron chi connectivity index (χ1n) is 10.0. The zero-order valence-electron chi connectivity index (χ0n) is 16.2. The number of carbonyl (C=O) groups is 2. The van der Waals surface area contributed by atoms with Gasteiger partial charge in [-0.15, -0.1) is 0 Å². The fraction of sp³-hybridized carbons (Fsp3) is 0.333. The molecule has 1 N–H and O–H groups in total. The Morgan fingerprint density at radius 1 is 1.00 bits per heavy atom. The van der Waals surface area contributed by atoms with E-state index in [9.17, 15) is 9.59 Å². The lowest BCUT2D eigenvalue weighted by atomic mass is 10.1. The molecule has 0 spiro atoms. The number of carbonyl (C=O) groups excluding carboxylic acids is 2. The van der Waals surface area contributed by atoms with Gasteiger partial charge in [0.1, 0.15) is 0 Å². The second-order valence-corrected chi connectivity index (χ2v) is 7.89. The van der Waals surface area contributed by atoms with E-state index in [1.165, 1.54) is 5.56 Å². The van der Waals surface area contributed by atoms with Crippen LogP contribution in [0.15, 0.2) is 54.6 Å². The minimum atomic E-state index is -0.00907. The van der Waals surface area contributed by atoms with Gasteiger partial charge in [-0.05, 0) is 61.9 Å². The van der Waals surface area contributed by atoms with E-state index in [0.717, 1.165) is 36.8 Å². The van der Waals surface area contributed by atoms with Crippen LogP contribution in [0.3, 0.4) is 0 Å². The van der Waals surface area contributed by atoms with E-state index in [4.69, 9.17) is 0 Å². The third-order valence-corrected chi connectivity index (χ3v) is 5.25. The Labute approximate surface area is 166 Å². The van der Waals surface area contributed by atoms with Gasteiger partial charge in [0.2, 0.25) is 5.91 Å². The molecule has 28 heavy (non-hydrogen) atoms. The SMILES string of the molecule is Cc1ccc(/C=C/C(=O)N(Cc2ccc(C(=O)NC3CC3)cc2)C2CC2)cc1. The van der Waals surface area contributed by atoms with Crippen LogP contribution in [0.2, 0.25) is 0 Å². The number of benzene rings is 2. The fourth-order valence-corrected chi connectivity index (χ4v) is 3.17. The predicted octanol–water partition coefficient (Wildman–Crippen LogP) is 4.09. The van der Waals surface area contributed by atoms with Crippen LogP contribution in [0.25, 0.3) is 6.08 Å². The van der Waals surface area contributed by atoms with Gasteiger partial charge in [-0.3, -0.25) is 9.59 Å². The van der Waals surface area contributed by atoms with Crippen LogP contribution in [-0.4, -0.2) is 28.8 Å². The third-order valence-electron chi connectivity index (χ3n) is 5.25. The zero-order chi connectivity index (χ0) is 19.5. The van der Waals surface area contributed by atoms with Crippen LogP contribution in [0, 0.1) is 6.92 Å². The highest BCUT2D eigenvalue weighted by Crippen LogP contribution is 2.29. The summed E-state index contributed by atoms with van der Waals surface area (Å²) in [4.78, 5) is 26.8. The van der Waals surface area contributed by atoms with Gasteiger partial charge in [0.15, 0.2) is 0 Å². The van der Waals surface area contributed by atoms with Crippen LogP contribution in [0.5, 0.6) is 0 Å². The van der Waals surface area contributed by atoms with Crippen molar-refractivity contribution in [2.45, 2.75) is 51.2 Å². The van der Waals surface area contributed by atoms with E-state index in [1.807, 2.05) is 66.4 Å². The van der Waals surface area contributed by atoms with Crippen molar-refractivity contribution in [1.82, 2.24) is 10.2 Å². The smallest absolute Gasteiger partial charge is 0.251 e. The van der Waals surface area contributed by atoms with Crippen molar-refractivity contribution >= 4 is 17.9 Å².